The minimum Gasteiger partial charge on any atom is -0.391 e. The van der Waals surface area contributed by atoms with Gasteiger partial charge in [-0.3, -0.25) is 9.69 Å². The molecule has 3 fully saturated rings. The van der Waals surface area contributed by atoms with Gasteiger partial charge in [0.1, 0.15) is 6.17 Å². The van der Waals surface area contributed by atoms with Crippen molar-refractivity contribution in [3.05, 3.63) is 11.6 Å². The van der Waals surface area contributed by atoms with Gasteiger partial charge in [-0.25, -0.2) is 9.11 Å². The highest BCUT2D eigenvalue weighted by Crippen LogP contribution is 2.48. The molecule has 0 spiro atoms. The van der Waals surface area contributed by atoms with E-state index in [-0.39, 0.29) is 24.8 Å². The number of carbonyl (C=O) groups excluding carboxylic acids is 1. The Hall–Kier alpha value is -1.24. The molecule has 1 amide bonds. The van der Waals surface area contributed by atoms with Crippen molar-refractivity contribution in [3.8, 4) is 0 Å². The first-order chi connectivity index (χ1) is 14.4. The average molecular weight is 470 g/mol. The zero-order valence-electron chi connectivity index (χ0n) is 16.9. The van der Waals surface area contributed by atoms with Gasteiger partial charge in [0, 0.05) is 13.1 Å². The fraction of sp³-hybridized carbons (Fsp3) is 0.842. The number of amides is 1. The number of rotatable bonds is 3. The lowest BCUT2D eigenvalue weighted by molar-refractivity contribution is -0.145. The van der Waals surface area contributed by atoms with E-state index < -0.39 is 59.6 Å². The van der Waals surface area contributed by atoms with Crippen molar-refractivity contribution in [2.24, 2.45) is 17.8 Å². The second kappa shape index (κ2) is 8.27. The molecule has 2 aliphatic carbocycles. The SMILES string of the molecule is O=C1CN(C2C(O)CC3CCC(C4=CCN(CC(F)(F)F)CC4)CC3C2F)S(=O)(=O)N1. The van der Waals surface area contributed by atoms with Gasteiger partial charge in [0.05, 0.1) is 25.2 Å². The highest BCUT2D eigenvalue weighted by molar-refractivity contribution is 7.88. The van der Waals surface area contributed by atoms with E-state index in [2.05, 4.69) is 0 Å². The molecule has 1 saturated heterocycles. The van der Waals surface area contributed by atoms with E-state index in [0.717, 1.165) is 16.3 Å². The summed E-state index contributed by atoms with van der Waals surface area (Å²) in [7, 11) is -4.17. The van der Waals surface area contributed by atoms with Crippen molar-refractivity contribution >= 4 is 16.1 Å². The third kappa shape index (κ3) is 4.76. The second-order valence-corrected chi connectivity index (χ2v) is 10.8. The van der Waals surface area contributed by atoms with E-state index in [9.17, 15) is 31.5 Å². The maximum Gasteiger partial charge on any atom is 0.401 e. The molecule has 0 aromatic carbocycles. The van der Waals surface area contributed by atoms with Gasteiger partial charge in [0.25, 0.3) is 0 Å². The first-order valence-corrected chi connectivity index (χ1v) is 12.0. The van der Waals surface area contributed by atoms with Crippen molar-refractivity contribution < 1.29 is 35.9 Å². The summed E-state index contributed by atoms with van der Waals surface area (Å²) in [5, 5.41) is 10.5. The Morgan fingerprint density at radius 2 is 1.97 bits per heavy atom. The van der Waals surface area contributed by atoms with Crippen LogP contribution in [-0.4, -0.2) is 79.3 Å². The summed E-state index contributed by atoms with van der Waals surface area (Å²) >= 11 is 0. The van der Waals surface area contributed by atoms with Crippen LogP contribution in [0, 0.1) is 17.8 Å². The molecule has 4 rings (SSSR count). The Kier molecular flexibility index (Phi) is 6.12. The molecule has 2 heterocycles. The topological polar surface area (TPSA) is 90.0 Å². The molecule has 2 N–H and O–H groups in total. The van der Waals surface area contributed by atoms with Crippen molar-refractivity contribution in [1.82, 2.24) is 13.9 Å². The highest BCUT2D eigenvalue weighted by Gasteiger charge is 2.53. The minimum atomic E-state index is -4.24. The molecule has 2 saturated carbocycles. The lowest BCUT2D eigenvalue weighted by Gasteiger charge is -2.48. The van der Waals surface area contributed by atoms with Gasteiger partial charge >= 0.3 is 16.4 Å². The number of alkyl halides is 4. The van der Waals surface area contributed by atoms with E-state index in [1.807, 2.05) is 10.8 Å². The number of carbonyl (C=O) groups is 1. The molecular weight excluding hydrogens is 442 g/mol. The smallest absolute Gasteiger partial charge is 0.391 e. The summed E-state index contributed by atoms with van der Waals surface area (Å²) in [5.41, 5.74) is 1.04. The van der Waals surface area contributed by atoms with Crippen LogP contribution >= 0.6 is 0 Å². The Morgan fingerprint density at radius 3 is 2.55 bits per heavy atom. The molecule has 0 bridgehead atoms. The van der Waals surface area contributed by atoms with Crippen molar-refractivity contribution in [2.45, 2.75) is 56.6 Å². The van der Waals surface area contributed by atoms with Crippen LogP contribution < -0.4 is 4.72 Å². The number of hydrogen-bond acceptors (Lipinski definition) is 5. The van der Waals surface area contributed by atoms with Crippen molar-refractivity contribution in [1.29, 1.82) is 0 Å². The fourth-order valence-corrected chi connectivity index (χ4v) is 7.11. The van der Waals surface area contributed by atoms with Crippen LogP contribution in [0.2, 0.25) is 0 Å². The summed E-state index contributed by atoms with van der Waals surface area (Å²) in [6.07, 6.45) is -2.56. The summed E-state index contributed by atoms with van der Waals surface area (Å²) in [6, 6.07) is -1.31. The predicted octanol–water partition coefficient (Wildman–Crippen LogP) is 1.36. The quantitative estimate of drug-likeness (QED) is 0.481. The van der Waals surface area contributed by atoms with Crippen LogP contribution in [0.5, 0.6) is 0 Å². The zero-order valence-corrected chi connectivity index (χ0v) is 17.7. The number of halogens is 4. The number of aliphatic hydroxyl groups is 1. The van der Waals surface area contributed by atoms with Gasteiger partial charge < -0.3 is 5.11 Å². The first kappa shape index (κ1) is 22.9. The van der Waals surface area contributed by atoms with Gasteiger partial charge in [-0.05, 0) is 49.9 Å². The van der Waals surface area contributed by atoms with Gasteiger partial charge in [-0.1, -0.05) is 11.6 Å². The monoisotopic (exact) mass is 469 g/mol. The molecule has 31 heavy (non-hydrogen) atoms. The number of aliphatic hydroxyl groups excluding tert-OH is 1. The summed E-state index contributed by atoms with van der Waals surface area (Å²) in [4.78, 5) is 12.9. The number of hydrogen-bond donors (Lipinski definition) is 2. The number of nitrogens with zero attached hydrogens (tertiary/aromatic N) is 2. The fourth-order valence-electron chi connectivity index (χ4n) is 5.78. The third-order valence-electron chi connectivity index (χ3n) is 7.16. The van der Waals surface area contributed by atoms with E-state index in [4.69, 9.17) is 0 Å². The van der Waals surface area contributed by atoms with Crippen LogP contribution in [0.1, 0.15) is 32.1 Å². The molecule has 0 radical (unpaired) electrons. The Balaban J connectivity index is 1.45. The average Bonchev–Trinajstić information content (AvgIpc) is 2.93. The lowest BCUT2D eigenvalue weighted by atomic mass is 9.63. The van der Waals surface area contributed by atoms with Gasteiger partial charge in [-0.2, -0.15) is 25.9 Å². The van der Waals surface area contributed by atoms with E-state index in [1.54, 1.807) is 0 Å². The van der Waals surface area contributed by atoms with Gasteiger partial charge in [0.2, 0.25) is 5.91 Å². The molecule has 4 aliphatic rings. The van der Waals surface area contributed by atoms with Gasteiger partial charge in [-0.15, -0.1) is 0 Å². The largest absolute Gasteiger partial charge is 0.401 e. The van der Waals surface area contributed by atoms with Crippen molar-refractivity contribution in [2.75, 3.05) is 26.2 Å². The highest BCUT2D eigenvalue weighted by atomic mass is 32.2. The van der Waals surface area contributed by atoms with E-state index in [0.29, 0.717) is 25.8 Å². The minimum absolute atomic E-state index is 0.0402. The van der Waals surface area contributed by atoms with Crippen molar-refractivity contribution in [3.63, 3.8) is 0 Å². The molecule has 7 nitrogen and oxygen atoms in total. The molecule has 176 valence electrons. The summed E-state index contributed by atoms with van der Waals surface area (Å²) < 4.78 is 80.3. The van der Waals surface area contributed by atoms with Crippen LogP contribution in [-0.2, 0) is 15.0 Å². The summed E-state index contributed by atoms with van der Waals surface area (Å²) in [6.45, 7) is -0.948. The van der Waals surface area contributed by atoms with Gasteiger partial charge in [0.15, 0.2) is 0 Å². The molecule has 6 atom stereocenters. The van der Waals surface area contributed by atoms with E-state index in [1.165, 1.54) is 4.90 Å². The summed E-state index contributed by atoms with van der Waals surface area (Å²) in [5.74, 6) is -1.26. The zero-order chi connectivity index (χ0) is 22.6. The predicted molar refractivity (Wildman–Crippen MR) is 103 cm³/mol. The number of fused-ring (bicyclic) bond motifs is 1. The van der Waals surface area contributed by atoms with Crippen LogP contribution in [0.4, 0.5) is 17.6 Å². The standard InChI is InChI=1S/C19H27F4N3O4S/c20-17-14-7-12(11-3-5-25(6-4-11)10-19(21,22)23)1-2-13(14)8-15(27)18(17)26-9-16(28)24-31(26,29)30/h3,12-15,17-18,27H,1-2,4-10H2,(H,24,28). The lowest BCUT2D eigenvalue weighted by Crippen LogP contribution is -2.58. The molecule has 6 unspecified atom stereocenters. The molecule has 12 heteroatoms. The Bertz CT molecular complexity index is 850. The molecule has 2 aliphatic heterocycles. The normalized spacial score (nSPS) is 39.6. The second-order valence-electron chi connectivity index (χ2n) is 9.13. The number of nitrogens with one attached hydrogen (secondary N) is 1. The third-order valence-corrected chi connectivity index (χ3v) is 8.64. The Morgan fingerprint density at radius 1 is 1.23 bits per heavy atom. The maximum atomic E-state index is 15.6. The molecular formula is C19H27F4N3O4S. The first-order valence-electron chi connectivity index (χ1n) is 10.6. The van der Waals surface area contributed by atoms with E-state index >= 15 is 4.39 Å². The van der Waals surface area contributed by atoms with Crippen LogP contribution in [0.25, 0.3) is 0 Å². The van der Waals surface area contributed by atoms with Crippen LogP contribution in [0.3, 0.4) is 0 Å². The van der Waals surface area contributed by atoms with Crippen LogP contribution in [0.15, 0.2) is 11.6 Å². The molecule has 0 aromatic heterocycles. The Labute approximate surface area is 178 Å². The molecule has 0 aromatic rings. The maximum absolute atomic E-state index is 15.6.